The molecular formula is C24H26N4O3. The highest BCUT2D eigenvalue weighted by Crippen LogP contribution is 2.29. The summed E-state index contributed by atoms with van der Waals surface area (Å²) in [5, 5.41) is 14.2. The zero-order valence-electron chi connectivity index (χ0n) is 18.2. The lowest BCUT2D eigenvalue weighted by Gasteiger charge is -2.14. The number of rotatable bonds is 7. The Hall–Kier alpha value is -3.45. The first kappa shape index (κ1) is 20.8. The molecule has 0 aliphatic heterocycles. The molecule has 0 atom stereocenters. The molecule has 0 spiro atoms. The van der Waals surface area contributed by atoms with Crippen LogP contribution in [0.5, 0.6) is 0 Å². The smallest absolute Gasteiger partial charge is 0.317 e. The Labute approximate surface area is 180 Å². The van der Waals surface area contributed by atoms with Crippen LogP contribution in [0.4, 0.5) is 0 Å². The van der Waals surface area contributed by atoms with Crippen molar-refractivity contribution in [3.63, 3.8) is 0 Å². The van der Waals surface area contributed by atoms with Crippen LogP contribution in [-0.2, 0) is 11.3 Å². The van der Waals surface area contributed by atoms with E-state index in [0.29, 0.717) is 24.3 Å². The van der Waals surface area contributed by atoms with Crippen molar-refractivity contribution in [2.45, 2.75) is 33.4 Å². The van der Waals surface area contributed by atoms with Crippen molar-refractivity contribution in [2.24, 2.45) is 0 Å². The van der Waals surface area contributed by atoms with E-state index in [1.54, 1.807) is 11.9 Å². The molecule has 31 heavy (non-hydrogen) atoms. The molecule has 0 saturated heterocycles. The highest BCUT2D eigenvalue weighted by Gasteiger charge is 2.15. The topological polar surface area (TPSA) is 84.4 Å². The maximum Gasteiger partial charge on any atom is 0.317 e. The first-order valence-electron chi connectivity index (χ1n) is 10.3. The van der Waals surface area contributed by atoms with Gasteiger partial charge >= 0.3 is 5.97 Å². The van der Waals surface area contributed by atoms with Crippen molar-refractivity contribution in [3.8, 4) is 22.8 Å². The molecule has 4 aromatic rings. The highest BCUT2D eigenvalue weighted by atomic mass is 16.5. The fourth-order valence-corrected chi connectivity index (χ4v) is 3.87. The van der Waals surface area contributed by atoms with Gasteiger partial charge in [0.1, 0.15) is 0 Å². The second-order valence-electron chi connectivity index (χ2n) is 8.23. The van der Waals surface area contributed by atoms with Gasteiger partial charge in [-0.25, -0.2) is 0 Å². The Kier molecular flexibility index (Phi) is 5.61. The molecule has 0 fully saturated rings. The zero-order chi connectivity index (χ0) is 22.1. The largest absolute Gasteiger partial charge is 0.480 e. The van der Waals surface area contributed by atoms with Crippen LogP contribution in [0.15, 0.2) is 53.2 Å². The van der Waals surface area contributed by atoms with E-state index in [1.807, 2.05) is 31.2 Å². The molecule has 0 bridgehead atoms. The Morgan fingerprint density at radius 2 is 2.00 bits per heavy atom. The van der Waals surface area contributed by atoms with E-state index in [2.05, 4.69) is 53.0 Å². The Bertz CT molecular complexity index is 1240. The lowest BCUT2D eigenvalue weighted by atomic mass is 10.0. The molecule has 0 amide bonds. The fraction of sp³-hybridized carbons (Fsp3) is 0.292. The molecule has 0 aliphatic carbocycles. The van der Waals surface area contributed by atoms with Gasteiger partial charge in [-0.15, -0.1) is 0 Å². The van der Waals surface area contributed by atoms with Gasteiger partial charge in [-0.3, -0.25) is 9.69 Å². The molecule has 2 aromatic carbocycles. The number of carboxylic acids is 1. The molecule has 7 nitrogen and oxygen atoms in total. The minimum Gasteiger partial charge on any atom is -0.480 e. The van der Waals surface area contributed by atoms with E-state index in [1.165, 1.54) is 5.52 Å². The second-order valence-corrected chi connectivity index (χ2v) is 8.23. The van der Waals surface area contributed by atoms with Crippen molar-refractivity contribution in [2.75, 3.05) is 13.6 Å². The van der Waals surface area contributed by atoms with Crippen LogP contribution in [0.25, 0.3) is 33.7 Å². The molecule has 160 valence electrons. The van der Waals surface area contributed by atoms with Crippen LogP contribution in [0, 0.1) is 6.92 Å². The van der Waals surface area contributed by atoms with Crippen molar-refractivity contribution in [1.82, 2.24) is 19.6 Å². The predicted molar refractivity (Wildman–Crippen MR) is 120 cm³/mol. The summed E-state index contributed by atoms with van der Waals surface area (Å²) in [5.74, 6) is 0.186. The molecule has 2 aromatic heterocycles. The highest BCUT2D eigenvalue weighted by molar-refractivity contribution is 5.84. The van der Waals surface area contributed by atoms with Crippen LogP contribution in [0.2, 0.25) is 0 Å². The second kappa shape index (κ2) is 8.35. The molecule has 0 saturated carbocycles. The summed E-state index contributed by atoms with van der Waals surface area (Å²) < 4.78 is 7.79. The van der Waals surface area contributed by atoms with Gasteiger partial charge in [0.05, 0.1) is 6.54 Å². The number of likely N-dealkylation sites (N-methyl/N-ethyl adjacent to an activating group) is 1. The first-order chi connectivity index (χ1) is 14.8. The van der Waals surface area contributed by atoms with Crippen molar-refractivity contribution < 1.29 is 14.4 Å². The number of carboxylic acid groups (broad SMARTS) is 1. The SMILES string of the molecule is Cc1cc(CN(C)CC(=O)O)ccc1-c1noc(-c2ccc3c(ccn3C(C)C)c2)n1. The van der Waals surface area contributed by atoms with Gasteiger partial charge in [0.25, 0.3) is 5.89 Å². The number of aryl methyl sites for hydroxylation is 1. The maximum atomic E-state index is 10.9. The average molecular weight is 418 g/mol. The van der Waals surface area contributed by atoms with Crippen LogP contribution >= 0.6 is 0 Å². The third kappa shape index (κ3) is 4.36. The maximum absolute atomic E-state index is 10.9. The van der Waals surface area contributed by atoms with E-state index >= 15 is 0 Å². The number of fused-ring (bicyclic) bond motifs is 1. The number of hydrogen-bond donors (Lipinski definition) is 1. The fourth-order valence-electron chi connectivity index (χ4n) is 3.87. The molecular weight excluding hydrogens is 392 g/mol. The third-order valence-corrected chi connectivity index (χ3v) is 5.34. The van der Waals surface area contributed by atoms with Crippen LogP contribution in [-0.4, -0.2) is 44.3 Å². The summed E-state index contributed by atoms with van der Waals surface area (Å²) in [5.41, 5.74) is 5.01. The van der Waals surface area contributed by atoms with E-state index in [-0.39, 0.29) is 6.54 Å². The summed E-state index contributed by atoms with van der Waals surface area (Å²) in [6.07, 6.45) is 2.09. The molecule has 2 heterocycles. The molecule has 0 aliphatic rings. The molecule has 4 rings (SSSR count). The van der Waals surface area contributed by atoms with Gasteiger partial charge < -0.3 is 14.2 Å². The van der Waals surface area contributed by atoms with E-state index < -0.39 is 5.97 Å². The Morgan fingerprint density at radius 3 is 2.71 bits per heavy atom. The summed E-state index contributed by atoms with van der Waals surface area (Å²) >= 11 is 0. The number of benzene rings is 2. The van der Waals surface area contributed by atoms with Crippen molar-refractivity contribution in [1.29, 1.82) is 0 Å². The number of nitrogens with zero attached hydrogens (tertiary/aromatic N) is 4. The lowest BCUT2D eigenvalue weighted by Crippen LogP contribution is -2.25. The van der Waals surface area contributed by atoms with Crippen molar-refractivity contribution in [3.05, 3.63) is 59.8 Å². The summed E-state index contributed by atoms with van der Waals surface area (Å²) in [7, 11) is 1.79. The summed E-state index contributed by atoms with van der Waals surface area (Å²) in [4.78, 5) is 17.2. The van der Waals surface area contributed by atoms with Gasteiger partial charge in [0.2, 0.25) is 5.82 Å². The average Bonchev–Trinajstić information content (AvgIpc) is 3.34. The van der Waals surface area contributed by atoms with E-state index in [4.69, 9.17) is 9.63 Å². The van der Waals surface area contributed by atoms with Crippen LogP contribution < -0.4 is 0 Å². The van der Waals surface area contributed by atoms with Gasteiger partial charge in [-0.1, -0.05) is 23.4 Å². The predicted octanol–water partition coefficient (Wildman–Crippen LogP) is 4.76. The van der Waals surface area contributed by atoms with Gasteiger partial charge in [-0.2, -0.15) is 4.98 Å². The number of hydrogen-bond acceptors (Lipinski definition) is 5. The standard InChI is InChI=1S/C24H26N4O3/c1-15(2)28-10-9-18-12-19(6-8-21(18)28)24-25-23(26-31-24)20-7-5-17(11-16(20)3)13-27(4)14-22(29)30/h5-12,15H,13-14H2,1-4H3,(H,29,30). The minimum atomic E-state index is -0.839. The first-order valence-corrected chi connectivity index (χ1v) is 10.3. The van der Waals surface area contributed by atoms with Crippen LogP contribution in [0.3, 0.4) is 0 Å². The normalized spacial score (nSPS) is 11.7. The molecule has 0 radical (unpaired) electrons. The lowest BCUT2D eigenvalue weighted by molar-refractivity contribution is -0.138. The Balaban J connectivity index is 1.57. The zero-order valence-corrected chi connectivity index (χ0v) is 18.2. The van der Waals surface area contributed by atoms with Crippen LogP contribution in [0.1, 0.15) is 31.0 Å². The summed E-state index contributed by atoms with van der Waals surface area (Å²) in [6.45, 7) is 6.87. The van der Waals surface area contributed by atoms with Gasteiger partial charge in [0, 0.05) is 40.8 Å². The monoisotopic (exact) mass is 418 g/mol. The summed E-state index contributed by atoms with van der Waals surface area (Å²) in [6, 6.07) is 14.6. The molecule has 7 heteroatoms. The third-order valence-electron chi connectivity index (χ3n) is 5.34. The van der Waals surface area contributed by atoms with Gasteiger partial charge in [0.15, 0.2) is 0 Å². The van der Waals surface area contributed by atoms with E-state index in [0.717, 1.165) is 27.6 Å². The van der Waals surface area contributed by atoms with E-state index in [9.17, 15) is 4.79 Å². The number of aromatic nitrogens is 3. The quantitative estimate of drug-likeness (QED) is 0.466. The minimum absolute atomic E-state index is 0.000103. The molecule has 0 unspecified atom stereocenters. The van der Waals surface area contributed by atoms with Gasteiger partial charge in [-0.05, 0) is 63.2 Å². The number of aliphatic carboxylic acids is 1. The number of carbonyl (C=O) groups is 1. The Morgan fingerprint density at radius 1 is 1.19 bits per heavy atom. The molecule has 1 N–H and O–H groups in total. The van der Waals surface area contributed by atoms with Crippen molar-refractivity contribution >= 4 is 16.9 Å².